The van der Waals surface area contributed by atoms with Crippen molar-refractivity contribution in [2.75, 3.05) is 20.8 Å². The Bertz CT molecular complexity index is 748. The van der Waals surface area contributed by atoms with Gasteiger partial charge in [0.25, 0.3) is 0 Å². The van der Waals surface area contributed by atoms with Crippen molar-refractivity contribution in [2.24, 2.45) is 0 Å². The number of nitrogens with one attached hydrogen (secondary N) is 1. The molecule has 0 radical (unpaired) electrons. The van der Waals surface area contributed by atoms with E-state index in [9.17, 15) is 9.59 Å². The Morgan fingerprint density at radius 1 is 1.15 bits per heavy atom. The van der Waals surface area contributed by atoms with Gasteiger partial charge in [-0.1, -0.05) is 17.7 Å². The number of oxazole rings is 1. The van der Waals surface area contributed by atoms with Gasteiger partial charge in [0.1, 0.15) is 11.5 Å². The Kier molecular flexibility index (Phi) is 7.06. The van der Waals surface area contributed by atoms with Crippen molar-refractivity contribution in [3.05, 3.63) is 41.3 Å². The van der Waals surface area contributed by atoms with Crippen LogP contribution in [0.4, 0.5) is 0 Å². The van der Waals surface area contributed by atoms with Crippen LogP contribution in [0, 0.1) is 13.8 Å². The van der Waals surface area contributed by atoms with E-state index in [1.54, 1.807) is 6.92 Å². The summed E-state index contributed by atoms with van der Waals surface area (Å²) in [5, 5.41) is 2.60. The minimum absolute atomic E-state index is 0.0482. The third kappa shape index (κ3) is 5.50. The highest BCUT2D eigenvalue weighted by atomic mass is 16.7. The maximum Gasteiger partial charge on any atom is 0.227 e. The van der Waals surface area contributed by atoms with Crippen LogP contribution in [0.1, 0.15) is 23.4 Å². The van der Waals surface area contributed by atoms with Gasteiger partial charge in [-0.2, -0.15) is 0 Å². The largest absolute Gasteiger partial charge is 0.441 e. The zero-order chi connectivity index (χ0) is 19.1. The molecule has 7 nitrogen and oxygen atoms in total. The van der Waals surface area contributed by atoms with Crippen molar-refractivity contribution in [3.8, 4) is 11.5 Å². The quantitative estimate of drug-likeness (QED) is 0.544. The number of ether oxygens (including phenoxy) is 2. The lowest BCUT2D eigenvalue weighted by Gasteiger charge is -2.13. The molecular weight excluding hydrogens is 336 g/mol. The first-order chi connectivity index (χ1) is 12.4. The van der Waals surface area contributed by atoms with Gasteiger partial charge < -0.3 is 19.2 Å². The summed E-state index contributed by atoms with van der Waals surface area (Å²) < 4.78 is 15.6. The topological polar surface area (TPSA) is 90.7 Å². The summed E-state index contributed by atoms with van der Waals surface area (Å²) in [7, 11) is 2.95. The number of carbonyl (C=O) groups excluding carboxylic acids is 2. The van der Waals surface area contributed by atoms with Gasteiger partial charge in [-0.05, 0) is 26.0 Å². The number of aryl methyl sites for hydroxylation is 2. The fourth-order valence-electron chi connectivity index (χ4n) is 2.36. The second-order valence-corrected chi connectivity index (χ2v) is 5.99. The van der Waals surface area contributed by atoms with Crippen molar-refractivity contribution in [1.82, 2.24) is 10.3 Å². The summed E-state index contributed by atoms with van der Waals surface area (Å²) in [6.07, 6.45) is -0.720. The van der Waals surface area contributed by atoms with E-state index < -0.39 is 6.29 Å². The lowest BCUT2D eigenvalue weighted by molar-refractivity contribution is -0.131. The maximum atomic E-state index is 12.1. The molecule has 0 atom stereocenters. The number of rotatable bonds is 9. The second-order valence-electron chi connectivity index (χ2n) is 5.99. The number of benzene rings is 1. The van der Waals surface area contributed by atoms with E-state index in [1.165, 1.54) is 14.2 Å². The molecule has 0 spiro atoms. The van der Waals surface area contributed by atoms with Crippen molar-refractivity contribution in [1.29, 1.82) is 0 Å². The summed E-state index contributed by atoms with van der Waals surface area (Å²) in [5.41, 5.74) is 2.54. The lowest BCUT2D eigenvalue weighted by Crippen LogP contribution is -2.35. The molecule has 1 heterocycles. The number of Topliss-reactive ketones (excluding diaryl/α,β-unsaturated/α-hetero) is 1. The predicted molar refractivity (Wildman–Crippen MR) is 95.6 cm³/mol. The summed E-state index contributed by atoms with van der Waals surface area (Å²) in [6.45, 7) is 3.94. The Balaban J connectivity index is 1.93. The fraction of sp³-hybridized carbons (Fsp3) is 0.421. The average Bonchev–Trinajstić information content (AvgIpc) is 2.97. The number of nitrogens with zero attached hydrogens (tertiary/aromatic N) is 1. The van der Waals surface area contributed by atoms with Crippen LogP contribution >= 0.6 is 0 Å². The molecule has 0 bridgehead atoms. The number of aromatic nitrogens is 1. The number of hydrogen-bond donors (Lipinski definition) is 1. The van der Waals surface area contributed by atoms with Crippen LogP contribution in [0.3, 0.4) is 0 Å². The number of carbonyl (C=O) groups is 2. The third-order valence-electron chi connectivity index (χ3n) is 3.91. The average molecular weight is 360 g/mol. The second kappa shape index (κ2) is 9.26. The van der Waals surface area contributed by atoms with Gasteiger partial charge in [0.2, 0.25) is 11.8 Å². The van der Waals surface area contributed by atoms with Crippen LogP contribution in [0.5, 0.6) is 0 Å². The molecule has 2 aromatic rings. The van der Waals surface area contributed by atoms with Gasteiger partial charge >= 0.3 is 0 Å². The molecule has 0 saturated carbocycles. The van der Waals surface area contributed by atoms with E-state index in [0.29, 0.717) is 17.3 Å². The standard InChI is InChI=1S/C19H24N2O5/c1-12-5-7-14(8-6-12)19-21-16(13(2)26-19)9-15(22)10-17(23)20-11-18(24-3)25-4/h5-8,18H,9-11H2,1-4H3,(H,20,23). The highest BCUT2D eigenvalue weighted by Gasteiger charge is 2.17. The van der Waals surface area contributed by atoms with E-state index in [1.807, 2.05) is 31.2 Å². The highest BCUT2D eigenvalue weighted by molar-refractivity contribution is 5.98. The van der Waals surface area contributed by atoms with E-state index in [-0.39, 0.29) is 31.1 Å². The minimum Gasteiger partial charge on any atom is -0.441 e. The summed E-state index contributed by atoms with van der Waals surface area (Å²) in [6, 6.07) is 7.78. The zero-order valence-corrected chi connectivity index (χ0v) is 15.5. The molecule has 1 amide bonds. The summed E-state index contributed by atoms with van der Waals surface area (Å²) in [5.74, 6) is 0.431. The smallest absolute Gasteiger partial charge is 0.227 e. The van der Waals surface area contributed by atoms with Crippen LogP contribution in [0.15, 0.2) is 28.7 Å². The van der Waals surface area contributed by atoms with Gasteiger partial charge in [-0.3, -0.25) is 9.59 Å². The predicted octanol–water partition coefficient (Wildman–Crippen LogP) is 2.20. The number of amides is 1. The van der Waals surface area contributed by atoms with Crippen LogP contribution in [-0.4, -0.2) is 43.7 Å². The molecule has 26 heavy (non-hydrogen) atoms. The molecule has 1 N–H and O–H groups in total. The molecule has 0 aliphatic heterocycles. The van der Waals surface area contributed by atoms with E-state index in [2.05, 4.69) is 10.3 Å². The molecule has 0 aliphatic carbocycles. The first-order valence-corrected chi connectivity index (χ1v) is 8.30. The Hall–Kier alpha value is -2.51. The third-order valence-corrected chi connectivity index (χ3v) is 3.91. The Morgan fingerprint density at radius 2 is 1.81 bits per heavy atom. The number of methoxy groups -OCH3 is 2. The van der Waals surface area contributed by atoms with E-state index in [4.69, 9.17) is 13.9 Å². The Labute approximate surface area is 152 Å². The summed E-state index contributed by atoms with van der Waals surface area (Å²) >= 11 is 0. The van der Waals surface area contributed by atoms with Crippen LogP contribution in [0.25, 0.3) is 11.5 Å². The van der Waals surface area contributed by atoms with E-state index >= 15 is 0 Å². The van der Waals surface area contributed by atoms with Crippen LogP contribution in [-0.2, 0) is 25.5 Å². The first kappa shape index (κ1) is 19.8. The van der Waals surface area contributed by atoms with Crippen molar-refractivity contribution >= 4 is 11.7 Å². The van der Waals surface area contributed by atoms with Gasteiger partial charge in [-0.15, -0.1) is 0 Å². The number of ketones is 1. The fourth-order valence-corrected chi connectivity index (χ4v) is 2.36. The molecule has 1 aromatic heterocycles. The van der Waals surface area contributed by atoms with Crippen molar-refractivity contribution < 1.29 is 23.5 Å². The normalized spacial score (nSPS) is 11.0. The van der Waals surface area contributed by atoms with Gasteiger partial charge in [0.05, 0.1) is 25.1 Å². The van der Waals surface area contributed by atoms with Crippen molar-refractivity contribution in [3.63, 3.8) is 0 Å². The van der Waals surface area contributed by atoms with Gasteiger partial charge in [-0.25, -0.2) is 4.98 Å². The maximum absolute atomic E-state index is 12.1. The molecule has 7 heteroatoms. The molecule has 0 aliphatic rings. The van der Waals surface area contributed by atoms with Gasteiger partial charge in [0.15, 0.2) is 6.29 Å². The molecule has 1 aromatic carbocycles. The molecule has 2 rings (SSSR count). The molecule has 0 saturated heterocycles. The highest BCUT2D eigenvalue weighted by Crippen LogP contribution is 2.22. The molecule has 0 unspecified atom stereocenters. The molecular formula is C19H24N2O5. The van der Waals surface area contributed by atoms with E-state index in [0.717, 1.165) is 11.1 Å². The SMILES string of the molecule is COC(CNC(=O)CC(=O)Cc1nc(-c2ccc(C)cc2)oc1C)OC. The Morgan fingerprint density at radius 3 is 2.42 bits per heavy atom. The first-order valence-electron chi connectivity index (χ1n) is 8.30. The minimum atomic E-state index is -0.538. The number of hydrogen-bond acceptors (Lipinski definition) is 6. The monoisotopic (exact) mass is 360 g/mol. The van der Waals surface area contributed by atoms with Crippen LogP contribution < -0.4 is 5.32 Å². The van der Waals surface area contributed by atoms with Gasteiger partial charge in [0, 0.05) is 19.8 Å². The zero-order valence-electron chi connectivity index (χ0n) is 15.5. The molecule has 0 fully saturated rings. The summed E-state index contributed by atoms with van der Waals surface area (Å²) in [4.78, 5) is 28.4. The van der Waals surface area contributed by atoms with Crippen molar-refractivity contribution in [2.45, 2.75) is 33.0 Å². The van der Waals surface area contributed by atoms with Crippen LogP contribution in [0.2, 0.25) is 0 Å². The molecule has 140 valence electrons. The lowest BCUT2D eigenvalue weighted by atomic mass is 10.1.